The van der Waals surface area contributed by atoms with E-state index in [-0.39, 0.29) is 42.6 Å². The topological polar surface area (TPSA) is 148 Å². The van der Waals surface area contributed by atoms with E-state index in [0.717, 1.165) is 0 Å². The number of nitrogens with zero attached hydrogens (tertiary/aromatic N) is 2. The van der Waals surface area contributed by atoms with Crippen molar-refractivity contribution in [1.82, 2.24) is 20.8 Å². The van der Waals surface area contributed by atoms with E-state index in [1.165, 1.54) is 30.0 Å². The summed E-state index contributed by atoms with van der Waals surface area (Å²) in [6, 6.07) is 5.88. The van der Waals surface area contributed by atoms with Crippen LogP contribution in [0.25, 0.3) is 11.3 Å². The fourth-order valence-electron chi connectivity index (χ4n) is 3.43. The highest BCUT2D eigenvalue weighted by atomic mass is 32.2. The van der Waals surface area contributed by atoms with Gasteiger partial charge in [-0.2, -0.15) is 0 Å². The predicted octanol–water partition coefficient (Wildman–Crippen LogP) is 1.36. The average Bonchev–Trinajstić information content (AvgIpc) is 2.82. The Hall–Kier alpha value is -2.89. The molecule has 0 saturated carbocycles. The molecule has 1 aliphatic heterocycles. The number of nitrogens with one attached hydrogen (secondary N) is 2. The Labute approximate surface area is 186 Å². The molecule has 2 aromatic rings. The van der Waals surface area contributed by atoms with Crippen LogP contribution < -0.4 is 10.8 Å². The minimum Gasteiger partial charge on any atom is -0.381 e. The standard InChI is InChI=1S/C21H26N4O6S/c1-14(2)11-24-19(26)18-13-22-17(12-23-18)15-3-5-16(6-4-15)32(29,30)21(20(27)25-28)7-9-31-10-8-21/h3-6,12-14,28H,7-11H2,1-2H3,(H,24,26)(H,25,27). The molecule has 2 heterocycles. The van der Waals surface area contributed by atoms with Crippen molar-refractivity contribution in [2.24, 2.45) is 5.92 Å². The molecule has 2 amide bonds. The number of hydrogen-bond donors (Lipinski definition) is 3. The Morgan fingerprint density at radius 2 is 1.78 bits per heavy atom. The summed E-state index contributed by atoms with van der Waals surface area (Å²) in [5, 5.41) is 11.9. The molecular formula is C21H26N4O6S. The molecule has 0 spiro atoms. The lowest BCUT2D eigenvalue weighted by atomic mass is 9.98. The average molecular weight is 463 g/mol. The Balaban J connectivity index is 1.82. The van der Waals surface area contributed by atoms with E-state index in [9.17, 15) is 18.0 Å². The second-order valence-corrected chi connectivity index (χ2v) is 10.2. The van der Waals surface area contributed by atoms with Gasteiger partial charge in [0.25, 0.3) is 11.8 Å². The van der Waals surface area contributed by atoms with E-state index >= 15 is 0 Å². The number of carbonyl (C=O) groups is 2. The van der Waals surface area contributed by atoms with Crippen molar-refractivity contribution < 1.29 is 28.0 Å². The molecule has 3 N–H and O–H groups in total. The van der Waals surface area contributed by atoms with Gasteiger partial charge < -0.3 is 10.1 Å². The first kappa shape index (κ1) is 23.8. The van der Waals surface area contributed by atoms with Gasteiger partial charge in [-0.05, 0) is 30.9 Å². The van der Waals surface area contributed by atoms with Gasteiger partial charge in [-0.1, -0.05) is 26.0 Å². The molecule has 10 nitrogen and oxygen atoms in total. The van der Waals surface area contributed by atoms with Crippen LogP contribution in [0.15, 0.2) is 41.6 Å². The zero-order valence-corrected chi connectivity index (χ0v) is 18.7. The van der Waals surface area contributed by atoms with Crippen LogP contribution in [0.4, 0.5) is 0 Å². The summed E-state index contributed by atoms with van der Waals surface area (Å²) in [6.45, 7) is 4.69. The van der Waals surface area contributed by atoms with Crippen molar-refractivity contribution in [1.29, 1.82) is 0 Å². The molecule has 0 atom stereocenters. The quantitative estimate of drug-likeness (QED) is 0.413. The van der Waals surface area contributed by atoms with Gasteiger partial charge in [0.05, 0.1) is 23.0 Å². The molecule has 1 aliphatic rings. The van der Waals surface area contributed by atoms with Crippen LogP contribution in [0.5, 0.6) is 0 Å². The SMILES string of the molecule is CC(C)CNC(=O)c1cnc(-c2ccc(S(=O)(=O)C3(C(=O)NO)CCOCC3)cc2)cn1. The monoisotopic (exact) mass is 462 g/mol. The van der Waals surface area contributed by atoms with Gasteiger partial charge in [-0.25, -0.2) is 18.9 Å². The molecule has 1 saturated heterocycles. The number of sulfone groups is 1. The number of ether oxygens (including phenoxy) is 1. The fourth-order valence-corrected chi connectivity index (χ4v) is 5.37. The Morgan fingerprint density at radius 3 is 2.31 bits per heavy atom. The van der Waals surface area contributed by atoms with Crippen LogP contribution in [-0.4, -0.2) is 59.9 Å². The molecule has 1 aromatic heterocycles. The zero-order chi connectivity index (χ0) is 23.4. The molecule has 11 heteroatoms. The molecule has 3 rings (SSSR count). The van der Waals surface area contributed by atoms with Gasteiger partial charge in [0.1, 0.15) is 5.69 Å². The van der Waals surface area contributed by atoms with E-state index in [0.29, 0.717) is 23.7 Å². The largest absolute Gasteiger partial charge is 0.381 e. The number of amides is 2. The lowest BCUT2D eigenvalue weighted by Crippen LogP contribution is -2.54. The molecule has 0 radical (unpaired) electrons. The molecule has 1 aromatic carbocycles. The van der Waals surface area contributed by atoms with Crippen LogP contribution in [0.3, 0.4) is 0 Å². The first-order valence-corrected chi connectivity index (χ1v) is 11.7. The summed E-state index contributed by atoms with van der Waals surface area (Å²) in [5.74, 6) is -0.977. The second-order valence-electron chi connectivity index (χ2n) is 7.97. The second kappa shape index (κ2) is 9.72. The summed E-state index contributed by atoms with van der Waals surface area (Å²) in [6.07, 6.45) is 2.68. The fraction of sp³-hybridized carbons (Fsp3) is 0.429. The van der Waals surface area contributed by atoms with Crippen molar-refractivity contribution in [3.63, 3.8) is 0 Å². The third-order valence-electron chi connectivity index (χ3n) is 5.35. The minimum absolute atomic E-state index is 0.0515. The number of carbonyl (C=O) groups excluding carboxylic acids is 2. The van der Waals surface area contributed by atoms with Gasteiger partial charge in [0.2, 0.25) is 0 Å². The van der Waals surface area contributed by atoms with Crippen LogP contribution in [0.1, 0.15) is 37.2 Å². The maximum Gasteiger partial charge on any atom is 0.271 e. The molecule has 0 bridgehead atoms. The van der Waals surface area contributed by atoms with Crippen LogP contribution >= 0.6 is 0 Å². The maximum absolute atomic E-state index is 13.3. The van der Waals surface area contributed by atoms with Gasteiger partial charge in [-0.3, -0.25) is 19.8 Å². The predicted molar refractivity (Wildman–Crippen MR) is 115 cm³/mol. The normalized spacial score (nSPS) is 15.9. The van der Waals surface area contributed by atoms with Crippen LogP contribution in [-0.2, 0) is 19.4 Å². The third-order valence-corrected chi connectivity index (χ3v) is 7.86. The zero-order valence-electron chi connectivity index (χ0n) is 17.9. The first-order chi connectivity index (χ1) is 15.2. The van der Waals surface area contributed by atoms with Gasteiger partial charge in [-0.15, -0.1) is 0 Å². The Bertz CT molecular complexity index is 1060. The Kier molecular flexibility index (Phi) is 7.22. The van der Waals surface area contributed by atoms with E-state index in [1.54, 1.807) is 12.1 Å². The number of rotatable bonds is 7. The van der Waals surface area contributed by atoms with Crippen molar-refractivity contribution in [3.8, 4) is 11.3 Å². The van der Waals surface area contributed by atoms with E-state index in [2.05, 4.69) is 15.3 Å². The van der Waals surface area contributed by atoms with Gasteiger partial charge in [0, 0.05) is 25.3 Å². The molecule has 0 unspecified atom stereocenters. The molecule has 1 fully saturated rings. The minimum atomic E-state index is -4.11. The van der Waals surface area contributed by atoms with Crippen LogP contribution in [0, 0.1) is 5.92 Å². The van der Waals surface area contributed by atoms with E-state index in [1.807, 2.05) is 13.8 Å². The summed E-state index contributed by atoms with van der Waals surface area (Å²) >= 11 is 0. The molecule has 172 valence electrons. The number of benzene rings is 1. The summed E-state index contributed by atoms with van der Waals surface area (Å²) in [4.78, 5) is 32.7. The first-order valence-electron chi connectivity index (χ1n) is 10.2. The lowest BCUT2D eigenvalue weighted by Gasteiger charge is -2.34. The number of hydrogen-bond acceptors (Lipinski definition) is 8. The number of aromatic nitrogens is 2. The number of hydroxylamine groups is 1. The highest BCUT2D eigenvalue weighted by Crippen LogP contribution is 2.35. The summed E-state index contributed by atoms with van der Waals surface area (Å²) in [7, 11) is -4.11. The van der Waals surface area contributed by atoms with Gasteiger partial charge >= 0.3 is 0 Å². The molecular weight excluding hydrogens is 436 g/mol. The van der Waals surface area contributed by atoms with Crippen molar-refractivity contribution in [2.75, 3.05) is 19.8 Å². The van der Waals surface area contributed by atoms with E-state index < -0.39 is 20.5 Å². The lowest BCUT2D eigenvalue weighted by molar-refractivity contribution is -0.134. The summed E-state index contributed by atoms with van der Waals surface area (Å²) < 4.78 is 30.0. The maximum atomic E-state index is 13.3. The highest BCUT2D eigenvalue weighted by Gasteiger charge is 2.52. The van der Waals surface area contributed by atoms with Crippen molar-refractivity contribution >= 4 is 21.7 Å². The van der Waals surface area contributed by atoms with Crippen molar-refractivity contribution in [2.45, 2.75) is 36.3 Å². The third kappa shape index (κ3) is 4.64. The highest BCUT2D eigenvalue weighted by molar-refractivity contribution is 7.93. The Morgan fingerprint density at radius 1 is 1.12 bits per heavy atom. The summed E-state index contributed by atoms with van der Waals surface area (Å²) in [5.41, 5.74) is 2.74. The molecule has 32 heavy (non-hydrogen) atoms. The van der Waals surface area contributed by atoms with Crippen molar-refractivity contribution in [3.05, 3.63) is 42.4 Å². The molecule has 0 aliphatic carbocycles. The smallest absolute Gasteiger partial charge is 0.271 e. The van der Waals surface area contributed by atoms with Gasteiger partial charge in [0.15, 0.2) is 14.6 Å². The van der Waals surface area contributed by atoms with Crippen LogP contribution in [0.2, 0.25) is 0 Å². The van der Waals surface area contributed by atoms with E-state index in [4.69, 9.17) is 9.94 Å².